The summed E-state index contributed by atoms with van der Waals surface area (Å²) in [7, 11) is 1.44. The number of hydrogen-bond donors (Lipinski definition) is 4. The summed E-state index contributed by atoms with van der Waals surface area (Å²) in [5, 5.41) is 24.7. The Hall–Kier alpha value is -0.800. The molecule has 0 aromatic rings. The summed E-state index contributed by atoms with van der Waals surface area (Å²) in [6, 6.07) is -1.03. The van der Waals surface area contributed by atoms with Crippen molar-refractivity contribution in [3.8, 4) is 0 Å². The van der Waals surface area contributed by atoms with Gasteiger partial charge in [-0.2, -0.15) is 0 Å². The highest BCUT2D eigenvalue weighted by Gasteiger charge is 2.31. The Bertz CT molecular complexity index is 929. The number of likely N-dealkylation sites (N-methyl/N-ethyl adjacent to an activating group) is 1. The van der Waals surface area contributed by atoms with Gasteiger partial charge < -0.3 is 24.9 Å². The minimum absolute atomic E-state index is 0.0233. The van der Waals surface area contributed by atoms with Gasteiger partial charge in [0.05, 0.1) is 39.9 Å². The highest BCUT2D eigenvalue weighted by atomic mass is 31.2. The second-order valence-corrected chi connectivity index (χ2v) is 18.7. The number of quaternary nitrogens is 1. The van der Waals surface area contributed by atoms with Crippen LogP contribution in [0, 0.1) is 0 Å². The fourth-order valence-electron chi connectivity index (χ4n) is 6.84. The van der Waals surface area contributed by atoms with Crippen molar-refractivity contribution in [1.82, 2.24) is 5.32 Å². The van der Waals surface area contributed by atoms with E-state index in [1.54, 1.807) is 0 Å². The maximum Gasteiger partial charge on any atom is 0.472 e. The predicted octanol–water partition coefficient (Wildman–Crippen LogP) is 11.7. The van der Waals surface area contributed by atoms with Crippen molar-refractivity contribution in [2.24, 2.45) is 0 Å². The number of rotatable bonds is 42. The largest absolute Gasteiger partial charge is 0.472 e. The highest BCUT2D eigenvalue weighted by Crippen LogP contribution is 2.43. The fourth-order valence-corrected chi connectivity index (χ4v) is 7.58. The second kappa shape index (κ2) is 37.5. The number of amides is 1. The van der Waals surface area contributed by atoms with Crippen LogP contribution in [0.1, 0.15) is 213 Å². The van der Waals surface area contributed by atoms with Crippen LogP contribution in [-0.4, -0.2) is 84.6 Å². The first-order valence-electron chi connectivity index (χ1n) is 23.1. The number of aliphatic hydroxyl groups is 2. The van der Waals surface area contributed by atoms with Crippen LogP contribution < -0.4 is 5.32 Å². The van der Waals surface area contributed by atoms with Crippen LogP contribution in [0.4, 0.5) is 0 Å². The molecular weight excluding hydrogens is 711 g/mol. The van der Waals surface area contributed by atoms with E-state index in [0.29, 0.717) is 23.9 Å². The fraction of sp³-hybridized carbons (Fsp3) is 0.933. The Kier molecular flexibility index (Phi) is 36.9. The third-order valence-corrected chi connectivity index (χ3v) is 11.6. The summed E-state index contributed by atoms with van der Waals surface area (Å²) in [6.45, 7) is 4.60. The molecule has 0 radical (unpaired) electrons. The lowest BCUT2D eigenvalue weighted by Crippen LogP contribution is -2.51. The maximum absolute atomic E-state index is 12.9. The topological polar surface area (TPSA) is 125 Å². The lowest BCUT2D eigenvalue weighted by atomic mass is 9.99. The van der Waals surface area contributed by atoms with Crippen LogP contribution in [0.2, 0.25) is 0 Å². The Morgan fingerprint density at radius 3 is 1.45 bits per heavy atom. The van der Waals surface area contributed by atoms with Crippen LogP contribution in [-0.2, 0) is 18.4 Å². The summed E-state index contributed by atoms with van der Waals surface area (Å²) >= 11 is 0. The summed E-state index contributed by atoms with van der Waals surface area (Å²) in [4.78, 5) is 23.2. The first-order valence-corrected chi connectivity index (χ1v) is 24.6. The molecule has 4 N–H and O–H groups in total. The average Bonchev–Trinajstić information content (AvgIpc) is 3.13. The van der Waals surface area contributed by atoms with Gasteiger partial charge in [-0.05, 0) is 38.5 Å². The molecule has 0 aliphatic carbocycles. The van der Waals surface area contributed by atoms with Gasteiger partial charge in [-0.1, -0.05) is 180 Å². The van der Waals surface area contributed by atoms with Crippen molar-refractivity contribution in [2.75, 3.05) is 40.9 Å². The third kappa shape index (κ3) is 38.5. The molecule has 0 saturated heterocycles. The zero-order valence-corrected chi connectivity index (χ0v) is 37.7. The number of phosphoric ester groups is 1. The second-order valence-electron chi connectivity index (χ2n) is 17.3. The maximum atomic E-state index is 12.9. The molecule has 4 unspecified atom stereocenters. The van der Waals surface area contributed by atoms with Crippen LogP contribution >= 0.6 is 7.82 Å². The summed E-state index contributed by atoms with van der Waals surface area (Å²) in [5.41, 5.74) is 0. The lowest BCUT2D eigenvalue weighted by molar-refractivity contribution is -0.870. The van der Waals surface area contributed by atoms with Crippen LogP contribution in [0.25, 0.3) is 0 Å². The van der Waals surface area contributed by atoms with E-state index in [0.717, 1.165) is 38.5 Å². The molecule has 328 valence electrons. The van der Waals surface area contributed by atoms with Crippen LogP contribution in [0.5, 0.6) is 0 Å². The Morgan fingerprint density at radius 1 is 0.618 bits per heavy atom. The van der Waals surface area contributed by atoms with Gasteiger partial charge in [-0.15, -0.1) is 0 Å². The van der Waals surface area contributed by atoms with Crippen molar-refractivity contribution in [2.45, 2.75) is 231 Å². The van der Waals surface area contributed by atoms with E-state index in [-0.39, 0.29) is 12.5 Å². The van der Waals surface area contributed by atoms with Gasteiger partial charge in [0.15, 0.2) is 0 Å². The third-order valence-electron chi connectivity index (χ3n) is 10.6. The van der Waals surface area contributed by atoms with Gasteiger partial charge in [0.1, 0.15) is 19.3 Å². The number of unbranched alkanes of at least 4 members (excludes halogenated alkanes) is 26. The van der Waals surface area contributed by atoms with E-state index in [9.17, 15) is 24.5 Å². The van der Waals surface area contributed by atoms with Gasteiger partial charge in [0.2, 0.25) is 5.91 Å². The van der Waals surface area contributed by atoms with Crippen LogP contribution in [0.3, 0.4) is 0 Å². The molecule has 0 rings (SSSR count). The van der Waals surface area contributed by atoms with Gasteiger partial charge in [0.25, 0.3) is 0 Å². The molecule has 0 spiro atoms. The Balaban J connectivity index is 4.42. The molecule has 0 saturated carbocycles. The van der Waals surface area contributed by atoms with E-state index in [1.165, 1.54) is 148 Å². The normalized spacial score (nSPS) is 15.0. The number of allylic oxidation sites excluding steroid dienone is 2. The highest BCUT2D eigenvalue weighted by molar-refractivity contribution is 7.47. The molecule has 0 heterocycles. The smallest absolute Gasteiger partial charge is 0.390 e. The number of hydrogen-bond acceptors (Lipinski definition) is 6. The number of nitrogens with zero attached hydrogens (tertiary/aromatic N) is 1. The van der Waals surface area contributed by atoms with E-state index >= 15 is 0 Å². The van der Waals surface area contributed by atoms with Crippen molar-refractivity contribution >= 4 is 13.7 Å². The van der Waals surface area contributed by atoms with E-state index in [4.69, 9.17) is 9.05 Å². The van der Waals surface area contributed by atoms with Crippen molar-refractivity contribution in [3.63, 3.8) is 0 Å². The van der Waals surface area contributed by atoms with E-state index < -0.39 is 32.7 Å². The molecule has 10 heteroatoms. The molecule has 9 nitrogen and oxygen atoms in total. The minimum Gasteiger partial charge on any atom is -0.390 e. The van der Waals surface area contributed by atoms with Crippen molar-refractivity contribution < 1.29 is 38.0 Å². The number of carbonyl (C=O) groups is 1. The number of phosphoric acid groups is 1. The molecular formula is C45H92N2O7P+. The Labute approximate surface area is 340 Å². The molecule has 0 aliphatic heterocycles. The van der Waals surface area contributed by atoms with Gasteiger partial charge in [-0.3, -0.25) is 13.8 Å². The quantitative estimate of drug-likeness (QED) is 0.0209. The minimum atomic E-state index is -4.41. The first kappa shape index (κ1) is 54.2. The number of carbonyl (C=O) groups excluding carboxylic acids is 1. The van der Waals surface area contributed by atoms with E-state index in [2.05, 4.69) is 31.3 Å². The number of aliphatic hydroxyl groups excluding tert-OH is 2. The predicted molar refractivity (Wildman–Crippen MR) is 232 cm³/mol. The summed E-state index contributed by atoms with van der Waals surface area (Å²) < 4.78 is 23.5. The Morgan fingerprint density at radius 2 is 1.02 bits per heavy atom. The van der Waals surface area contributed by atoms with E-state index in [1.807, 2.05) is 21.1 Å². The molecule has 0 aromatic heterocycles. The SMILES string of the molecule is CCCCCCCC/C=C\CCCCCCCCCCCC(=O)NC(COP(=O)(O)OCC[N+](C)(C)C)C(O)C(O)CCCCCCCCCCCCCC. The zero-order chi connectivity index (χ0) is 40.9. The molecule has 55 heavy (non-hydrogen) atoms. The average molecular weight is 804 g/mol. The van der Waals surface area contributed by atoms with Crippen molar-refractivity contribution in [1.29, 1.82) is 0 Å². The molecule has 0 fully saturated rings. The zero-order valence-electron chi connectivity index (χ0n) is 36.8. The molecule has 1 amide bonds. The summed E-state index contributed by atoms with van der Waals surface area (Å²) in [6.07, 6.45) is 38.3. The molecule has 0 aliphatic rings. The molecule has 0 aromatic carbocycles. The van der Waals surface area contributed by atoms with Gasteiger partial charge >= 0.3 is 7.82 Å². The van der Waals surface area contributed by atoms with Gasteiger partial charge in [-0.25, -0.2) is 4.57 Å². The molecule has 4 atom stereocenters. The lowest BCUT2D eigenvalue weighted by Gasteiger charge is -2.28. The summed E-state index contributed by atoms with van der Waals surface area (Å²) in [5.74, 6) is -0.259. The van der Waals surface area contributed by atoms with Gasteiger partial charge in [0, 0.05) is 6.42 Å². The standard InChI is InChI=1S/C45H91N2O7P/c1-6-8-10-12-14-16-18-20-21-22-23-24-25-26-28-30-32-34-36-38-44(49)46-42(41-54-55(51,52)53-40-39-47(3,4)5)45(50)43(48)37-35-33-31-29-27-19-17-15-13-11-9-7-2/h20-21,42-43,45,48,50H,6-19,22-41H2,1-5H3,(H-,46,49,51,52)/p+1/b21-20-. The molecule has 0 bridgehead atoms. The van der Waals surface area contributed by atoms with Crippen LogP contribution in [0.15, 0.2) is 12.2 Å². The first-order chi connectivity index (χ1) is 26.4. The number of nitrogens with one attached hydrogen (secondary N) is 1. The van der Waals surface area contributed by atoms with Crippen molar-refractivity contribution in [3.05, 3.63) is 12.2 Å². The monoisotopic (exact) mass is 804 g/mol.